The summed E-state index contributed by atoms with van der Waals surface area (Å²) in [5.74, 6) is -2.04. The number of rotatable bonds is 5. The Labute approximate surface area is 225 Å². The number of ether oxygens (including phenoxy) is 4. The molecule has 0 saturated carbocycles. The molecule has 0 spiro atoms. The van der Waals surface area contributed by atoms with E-state index in [2.05, 4.69) is 0 Å². The quantitative estimate of drug-likeness (QED) is 0.178. The molecule has 1 aromatic heterocycles. The highest BCUT2D eigenvalue weighted by Crippen LogP contribution is 2.43. The molecule has 2 saturated heterocycles. The molecule has 0 unspecified atom stereocenters. The Kier molecular flexibility index (Phi) is 7.60. The van der Waals surface area contributed by atoms with E-state index < -0.39 is 78.0 Å². The van der Waals surface area contributed by atoms with Crippen LogP contribution in [0.4, 0.5) is 0 Å². The molecule has 14 heteroatoms. The Hall–Kier alpha value is -3.47. The SMILES string of the molecule is C[C@@H]1O[C@H](Oc2cc3oc(-c4ccc(O)cc4)cc(=O)c3c(O)c2O)[C@@H](O)[C@H](O)[C@@H]1O[C@H]1OC[C@H](O)[C@H](O)[C@@H]1O. The summed E-state index contributed by atoms with van der Waals surface area (Å²) in [6.45, 7) is 1.11. The van der Waals surface area contributed by atoms with Crippen LogP contribution in [0.1, 0.15) is 6.92 Å². The van der Waals surface area contributed by atoms with E-state index in [4.69, 9.17) is 23.4 Å². The fraction of sp³-hybridized carbons (Fsp3) is 0.423. The van der Waals surface area contributed by atoms with Gasteiger partial charge in [-0.2, -0.15) is 0 Å². The molecular weight excluding hydrogens is 536 g/mol. The van der Waals surface area contributed by atoms with Crippen molar-refractivity contribution in [1.29, 1.82) is 0 Å². The van der Waals surface area contributed by atoms with Crippen LogP contribution in [0.2, 0.25) is 0 Å². The minimum atomic E-state index is -1.79. The molecule has 5 rings (SSSR count). The zero-order chi connectivity index (χ0) is 28.9. The highest BCUT2D eigenvalue weighted by Gasteiger charge is 2.48. The number of aliphatic hydroxyl groups is 5. The number of hydrogen-bond acceptors (Lipinski definition) is 14. The van der Waals surface area contributed by atoms with Gasteiger partial charge in [-0.15, -0.1) is 0 Å². The number of benzene rings is 2. The van der Waals surface area contributed by atoms with Gasteiger partial charge in [0.15, 0.2) is 23.2 Å². The largest absolute Gasteiger partial charge is 0.508 e. The van der Waals surface area contributed by atoms with Gasteiger partial charge >= 0.3 is 0 Å². The summed E-state index contributed by atoms with van der Waals surface area (Å²) in [4.78, 5) is 12.7. The van der Waals surface area contributed by atoms with Crippen LogP contribution in [0.5, 0.6) is 23.0 Å². The van der Waals surface area contributed by atoms with Crippen molar-refractivity contribution in [3.05, 3.63) is 46.6 Å². The highest BCUT2D eigenvalue weighted by atomic mass is 16.7. The van der Waals surface area contributed by atoms with E-state index in [-0.39, 0.29) is 29.1 Å². The molecule has 0 bridgehead atoms. The van der Waals surface area contributed by atoms with Crippen LogP contribution in [0.3, 0.4) is 0 Å². The summed E-state index contributed by atoms with van der Waals surface area (Å²) < 4.78 is 27.7. The molecule has 2 aliphatic heterocycles. The van der Waals surface area contributed by atoms with E-state index in [1.54, 1.807) is 0 Å². The topological polar surface area (TPSA) is 229 Å². The minimum Gasteiger partial charge on any atom is -0.508 e. The highest BCUT2D eigenvalue weighted by molar-refractivity contribution is 5.89. The number of hydrogen-bond donors (Lipinski definition) is 8. The number of aromatic hydroxyl groups is 3. The van der Waals surface area contributed by atoms with Crippen molar-refractivity contribution in [2.45, 2.75) is 62.2 Å². The molecule has 0 amide bonds. The van der Waals surface area contributed by atoms with Crippen LogP contribution in [-0.2, 0) is 14.2 Å². The second kappa shape index (κ2) is 10.8. The van der Waals surface area contributed by atoms with E-state index in [1.165, 1.54) is 31.2 Å². The van der Waals surface area contributed by atoms with E-state index in [0.29, 0.717) is 5.56 Å². The zero-order valence-electron chi connectivity index (χ0n) is 20.9. The third kappa shape index (κ3) is 5.07. The standard InChI is InChI=1S/C26H28O14/c1-9-24(40-25-22(34)18(30)13(29)8-36-25)21(33)23(35)26(37-9)39-16-7-15-17(20(32)19(16)31)12(28)6-14(38-15)10-2-4-11(27)5-3-10/h2-7,9,13,18,21-27,29-35H,8H2,1H3/t9-,13-,18-,21-,22-,23-,24+,25+,26+/m0/s1. The van der Waals surface area contributed by atoms with Crippen LogP contribution in [0.15, 0.2) is 45.6 Å². The first-order valence-corrected chi connectivity index (χ1v) is 12.3. The average Bonchev–Trinajstić information content (AvgIpc) is 2.92. The van der Waals surface area contributed by atoms with Crippen molar-refractivity contribution in [1.82, 2.24) is 0 Å². The van der Waals surface area contributed by atoms with Gasteiger partial charge in [-0.25, -0.2) is 0 Å². The third-order valence-electron chi connectivity index (χ3n) is 6.85. The first kappa shape index (κ1) is 28.1. The van der Waals surface area contributed by atoms with Gasteiger partial charge in [0, 0.05) is 17.7 Å². The first-order chi connectivity index (χ1) is 19.0. The maximum absolute atomic E-state index is 12.7. The molecule has 2 fully saturated rings. The van der Waals surface area contributed by atoms with Crippen molar-refractivity contribution >= 4 is 11.0 Å². The Morgan fingerprint density at radius 3 is 2.23 bits per heavy atom. The molecule has 2 aliphatic rings. The average molecular weight is 564 g/mol. The normalized spacial score (nSPS) is 32.7. The molecule has 14 nitrogen and oxygen atoms in total. The van der Waals surface area contributed by atoms with E-state index >= 15 is 0 Å². The van der Waals surface area contributed by atoms with Crippen molar-refractivity contribution in [2.75, 3.05) is 6.61 Å². The van der Waals surface area contributed by atoms with E-state index in [9.17, 15) is 45.6 Å². The predicted molar refractivity (Wildman–Crippen MR) is 133 cm³/mol. The summed E-state index contributed by atoms with van der Waals surface area (Å²) in [6.07, 6.45) is -13.3. The molecule has 2 aromatic carbocycles. The summed E-state index contributed by atoms with van der Waals surface area (Å²) in [5.41, 5.74) is -0.411. The Morgan fingerprint density at radius 2 is 1.52 bits per heavy atom. The molecular formula is C26H28O14. The predicted octanol–water partition coefficient (Wildman–Crippen LogP) is -0.754. The number of phenolic OH excluding ortho intramolecular Hbond substituents is 3. The van der Waals surface area contributed by atoms with Gasteiger partial charge in [0.1, 0.15) is 59.1 Å². The Morgan fingerprint density at radius 1 is 0.850 bits per heavy atom. The number of aliphatic hydroxyl groups excluding tert-OH is 5. The van der Waals surface area contributed by atoms with E-state index in [1.807, 2.05) is 0 Å². The second-order valence-electron chi connectivity index (χ2n) is 9.63. The third-order valence-corrected chi connectivity index (χ3v) is 6.85. The maximum Gasteiger partial charge on any atom is 0.229 e. The lowest BCUT2D eigenvalue weighted by molar-refractivity contribution is -0.334. The number of fused-ring (bicyclic) bond motifs is 1. The van der Waals surface area contributed by atoms with Crippen molar-refractivity contribution in [3.63, 3.8) is 0 Å². The maximum atomic E-state index is 12.7. The van der Waals surface area contributed by atoms with Crippen LogP contribution in [0, 0.1) is 0 Å². The van der Waals surface area contributed by atoms with E-state index in [0.717, 1.165) is 12.1 Å². The molecule has 40 heavy (non-hydrogen) atoms. The molecule has 216 valence electrons. The van der Waals surface area contributed by atoms with Crippen molar-refractivity contribution in [3.8, 4) is 34.3 Å². The van der Waals surface area contributed by atoms with Gasteiger partial charge in [0.05, 0.1) is 12.7 Å². The summed E-state index contributed by atoms with van der Waals surface area (Å²) >= 11 is 0. The first-order valence-electron chi connectivity index (χ1n) is 12.3. The lowest BCUT2D eigenvalue weighted by Crippen LogP contribution is -2.62. The van der Waals surface area contributed by atoms with Gasteiger partial charge < -0.3 is 64.2 Å². The van der Waals surface area contributed by atoms with Gasteiger partial charge in [0.25, 0.3) is 0 Å². The molecule has 3 aromatic rings. The molecule has 8 N–H and O–H groups in total. The lowest BCUT2D eigenvalue weighted by atomic mass is 9.99. The number of phenols is 3. The summed E-state index contributed by atoms with van der Waals surface area (Å²) in [6, 6.07) is 7.99. The van der Waals surface area contributed by atoms with Crippen molar-refractivity contribution in [2.24, 2.45) is 0 Å². The molecule has 0 radical (unpaired) electrons. The van der Waals surface area contributed by atoms with Gasteiger partial charge in [-0.3, -0.25) is 4.79 Å². The van der Waals surface area contributed by atoms with Gasteiger partial charge in [0.2, 0.25) is 12.0 Å². The zero-order valence-corrected chi connectivity index (χ0v) is 20.9. The molecule has 3 heterocycles. The minimum absolute atomic E-state index is 0.000862. The fourth-order valence-corrected chi connectivity index (χ4v) is 4.60. The monoisotopic (exact) mass is 564 g/mol. The summed E-state index contributed by atoms with van der Waals surface area (Å²) in [7, 11) is 0. The van der Waals surface area contributed by atoms with Crippen LogP contribution in [-0.4, -0.2) is 103 Å². The smallest absolute Gasteiger partial charge is 0.229 e. The molecule has 0 aliphatic carbocycles. The lowest BCUT2D eigenvalue weighted by Gasteiger charge is -2.44. The second-order valence-corrected chi connectivity index (χ2v) is 9.63. The van der Waals surface area contributed by atoms with Gasteiger partial charge in [-0.1, -0.05) is 0 Å². The van der Waals surface area contributed by atoms with Gasteiger partial charge in [-0.05, 0) is 31.2 Å². The van der Waals surface area contributed by atoms with Crippen LogP contribution < -0.4 is 10.2 Å². The summed E-state index contributed by atoms with van der Waals surface area (Å²) in [5, 5.41) is 81.3. The Bertz CT molecular complexity index is 1420. The van der Waals surface area contributed by atoms with Crippen molar-refractivity contribution < 1.29 is 64.2 Å². The Balaban J connectivity index is 1.39. The van der Waals surface area contributed by atoms with Crippen LogP contribution >= 0.6 is 0 Å². The van der Waals surface area contributed by atoms with Crippen LogP contribution in [0.25, 0.3) is 22.3 Å². The fourth-order valence-electron chi connectivity index (χ4n) is 4.60. The molecule has 9 atom stereocenters.